The van der Waals surface area contributed by atoms with Crippen LogP contribution in [0.5, 0.6) is 0 Å². The average Bonchev–Trinajstić information content (AvgIpc) is 2.83. The summed E-state index contributed by atoms with van der Waals surface area (Å²) in [6.45, 7) is 3.62. The number of benzene rings is 1. The van der Waals surface area contributed by atoms with Crippen LogP contribution in [0.3, 0.4) is 0 Å². The smallest absolute Gasteiger partial charge is 0.292 e. The zero-order valence-corrected chi connectivity index (χ0v) is 12.2. The summed E-state index contributed by atoms with van der Waals surface area (Å²) in [6.07, 6.45) is 4.11. The molecule has 0 aromatic heterocycles. The number of rotatable bonds is 6. The molecule has 1 saturated heterocycles. The van der Waals surface area contributed by atoms with Crippen molar-refractivity contribution < 1.29 is 9.66 Å². The van der Waals surface area contributed by atoms with Gasteiger partial charge in [0.25, 0.3) is 5.69 Å². The van der Waals surface area contributed by atoms with Crippen LogP contribution in [0.2, 0.25) is 0 Å². The van der Waals surface area contributed by atoms with Crippen LogP contribution in [-0.4, -0.2) is 30.7 Å². The Morgan fingerprint density at radius 2 is 2.20 bits per heavy atom. The van der Waals surface area contributed by atoms with Crippen LogP contribution in [0.4, 0.5) is 11.4 Å². The Morgan fingerprint density at radius 1 is 1.45 bits per heavy atom. The second-order valence-corrected chi connectivity index (χ2v) is 5.41. The molecule has 0 saturated carbocycles. The summed E-state index contributed by atoms with van der Waals surface area (Å²) in [5.41, 5.74) is 0.807. The third-order valence-electron chi connectivity index (χ3n) is 4.09. The maximum absolute atomic E-state index is 11.3. The number of nitrogens with zero attached hydrogens (tertiary/aromatic N) is 2. The second-order valence-electron chi connectivity index (χ2n) is 5.41. The Morgan fingerprint density at radius 3 is 2.85 bits per heavy atom. The zero-order valence-electron chi connectivity index (χ0n) is 12.2. The molecule has 0 N–H and O–H groups in total. The lowest BCUT2D eigenvalue weighted by Crippen LogP contribution is -2.48. The van der Waals surface area contributed by atoms with Crippen molar-refractivity contribution >= 4 is 11.4 Å². The van der Waals surface area contributed by atoms with Crippen molar-refractivity contribution in [2.24, 2.45) is 0 Å². The zero-order chi connectivity index (χ0) is 14.6. The lowest BCUT2D eigenvalue weighted by atomic mass is 9.91. The first-order valence-corrected chi connectivity index (χ1v) is 7.14. The highest BCUT2D eigenvalue weighted by Crippen LogP contribution is 2.41. The van der Waals surface area contributed by atoms with E-state index >= 15 is 0 Å². The summed E-state index contributed by atoms with van der Waals surface area (Å²) in [5.74, 6) is 0. The summed E-state index contributed by atoms with van der Waals surface area (Å²) in [4.78, 5) is 13.2. The highest BCUT2D eigenvalue weighted by Gasteiger charge is 2.42. The molecule has 1 fully saturated rings. The van der Waals surface area contributed by atoms with E-state index in [1.165, 1.54) is 0 Å². The van der Waals surface area contributed by atoms with Crippen LogP contribution >= 0.6 is 0 Å². The van der Waals surface area contributed by atoms with Crippen molar-refractivity contribution in [3.05, 3.63) is 34.4 Å². The molecule has 0 aliphatic carbocycles. The minimum Gasteiger partial charge on any atom is -0.382 e. The Labute approximate surface area is 119 Å². The van der Waals surface area contributed by atoms with Gasteiger partial charge in [0, 0.05) is 19.7 Å². The van der Waals surface area contributed by atoms with E-state index in [0.717, 1.165) is 37.9 Å². The van der Waals surface area contributed by atoms with E-state index in [1.54, 1.807) is 19.2 Å². The third-order valence-corrected chi connectivity index (χ3v) is 4.09. The van der Waals surface area contributed by atoms with Crippen molar-refractivity contribution in [3.63, 3.8) is 0 Å². The highest BCUT2D eigenvalue weighted by atomic mass is 16.6. The number of nitro groups is 1. The monoisotopic (exact) mass is 278 g/mol. The van der Waals surface area contributed by atoms with Crippen molar-refractivity contribution in [2.75, 3.05) is 25.2 Å². The number of anilines is 1. The summed E-state index contributed by atoms with van der Waals surface area (Å²) in [7, 11) is 1.70. The lowest BCUT2D eigenvalue weighted by Gasteiger charge is -2.39. The molecule has 1 unspecified atom stereocenters. The molecule has 0 radical (unpaired) electrons. The fraction of sp³-hybridized carbons (Fsp3) is 0.600. The predicted octanol–water partition coefficient (Wildman–Crippen LogP) is 3.38. The number of hydrogen-bond acceptors (Lipinski definition) is 4. The van der Waals surface area contributed by atoms with Gasteiger partial charge in [-0.3, -0.25) is 10.1 Å². The van der Waals surface area contributed by atoms with Crippen molar-refractivity contribution in [1.29, 1.82) is 0 Å². The van der Waals surface area contributed by atoms with E-state index < -0.39 is 0 Å². The minimum absolute atomic E-state index is 0.102. The van der Waals surface area contributed by atoms with Crippen LogP contribution in [0.1, 0.15) is 32.6 Å². The maximum atomic E-state index is 11.3. The molecule has 1 aliphatic heterocycles. The van der Waals surface area contributed by atoms with Crippen LogP contribution in [0.15, 0.2) is 24.3 Å². The molecule has 1 aromatic carbocycles. The van der Waals surface area contributed by atoms with Crippen LogP contribution in [-0.2, 0) is 4.74 Å². The van der Waals surface area contributed by atoms with Gasteiger partial charge in [0.2, 0.25) is 0 Å². The number of nitro benzene ring substituents is 1. The van der Waals surface area contributed by atoms with Gasteiger partial charge in [0.15, 0.2) is 0 Å². The van der Waals surface area contributed by atoms with Crippen LogP contribution < -0.4 is 4.90 Å². The maximum Gasteiger partial charge on any atom is 0.292 e. The Hall–Kier alpha value is -1.62. The van der Waals surface area contributed by atoms with Gasteiger partial charge in [-0.25, -0.2) is 0 Å². The quantitative estimate of drug-likeness (QED) is 0.591. The minimum atomic E-state index is -0.294. The first-order valence-electron chi connectivity index (χ1n) is 7.14. The summed E-state index contributed by atoms with van der Waals surface area (Å²) in [5, 5.41) is 11.3. The highest BCUT2D eigenvalue weighted by molar-refractivity contribution is 5.65. The van der Waals surface area contributed by atoms with Gasteiger partial charge in [0.05, 0.1) is 17.1 Å². The first-order chi connectivity index (χ1) is 9.64. The first kappa shape index (κ1) is 14.8. The van der Waals surface area contributed by atoms with Crippen LogP contribution in [0.25, 0.3) is 0 Å². The third kappa shape index (κ3) is 2.63. The number of methoxy groups -OCH3 is 1. The molecule has 0 spiro atoms. The molecule has 20 heavy (non-hydrogen) atoms. The molecule has 110 valence electrons. The Balaban J connectivity index is 2.41. The summed E-state index contributed by atoms with van der Waals surface area (Å²) < 4.78 is 5.42. The Bertz CT molecular complexity index is 470. The summed E-state index contributed by atoms with van der Waals surface area (Å²) >= 11 is 0. The van der Waals surface area contributed by atoms with Crippen molar-refractivity contribution in [2.45, 2.75) is 38.1 Å². The van der Waals surface area contributed by atoms with Crippen LogP contribution in [0, 0.1) is 10.1 Å². The lowest BCUT2D eigenvalue weighted by molar-refractivity contribution is -0.384. The molecule has 0 amide bonds. The standard InChI is InChI=1S/C15H22N2O3/c1-3-9-15(12-20-2)10-6-11-16(15)13-7-4-5-8-14(13)17(18)19/h4-5,7-8H,3,6,9-12H2,1-2H3. The van der Waals surface area contributed by atoms with Gasteiger partial charge < -0.3 is 9.64 Å². The van der Waals surface area contributed by atoms with E-state index in [4.69, 9.17) is 4.74 Å². The molecular formula is C15H22N2O3. The van der Waals surface area contributed by atoms with E-state index in [9.17, 15) is 10.1 Å². The molecule has 5 heteroatoms. The van der Waals surface area contributed by atoms with E-state index in [1.807, 2.05) is 12.1 Å². The SMILES string of the molecule is CCCC1(COC)CCCN1c1ccccc1[N+](=O)[O-]. The Kier molecular flexibility index (Phi) is 4.60. The molecule has 2 rings (SSSR count). The predicted molar refractivity (Wildman–Crippen MR) is 79.2 cm³/mol. The molecule has 1 aromatic rings. The van der Waals surface area contributed by atoms with E-state index in [-0.39, 0.29) is 16.1 Å². The fourth-order valence-electron chi connectivity index (χ4n) is 3.38. The molecule has 0 bridgehead atoms. The summed E-state index contributed by atoms with van der Waals surface area (Å²) in [6, 6.07) is 7.01. The fourth-order valence-corrected chi connectivity index (χ4v) is 3.38. The van der Waals surface area contributed by atoms with E-state index in [0.29, 0.717) is 6.61 Å². The molecular weight excluding hydrogens is 256 g/mol. The van der Waals surface area contributed by atoms with Crippen molar-refractivity contribution in [1.82, 2.24) is 0 Å². The van der Waals surface area contributed by atoms with Gasteiger partial charge in [-0.1, -0.05) is 25.5 Å². The molecule has 1 atom stereocenters. The molecule has 5 nitrogen and oxygen atoms in total. The van der Waals surface area contributed by atoms with Gasteiger partial charge in [-0.15, -0.1) is 0 Å². The van der Waals surface area contributed by atoms with Crippen molar-refractivity contribution in [3.8, 4) is 0 Å². The number of hydrogen-bond donors (Lipinski definition) is 0. The van der Waals surface area contributed by atoms with Gasteiger partial charge >= 0.3 is 0 Å². The number of ether oxygens (including phenoxy) is 1. The molecule has 1 aliphatic rings. The molecule has 1 heterocycles. The van der Waals surface area contributed by atoms with Gasteiger partial charge in [0.1, 0.15) is 5.69 Å². The number of para-hydroxylation sites is 2. The second kappa shape index (κ2) is 6.22. The van der Waals surface area contributed by atoms with Gasteiger partial charge in [-0.05, 0) is 25.3 Å². The largest absolute Gasteiger partial charge is 0.382 e. The average molecular weight is 278 g/mol. The van der Waals surface area contributed by atoms with E-state index in [2.05, 4.69) is 11.8 Å². The van der Waals surface area contributed by atoms with Gasteiger partial charge in [-0.2, -0.15) is 0 Å². The normalized spacial score (nSPS) is 22.2. The topological polar surface area (TPSA) is 55.6 Å².